The third-order valence-corrected chi connectivity index (χ3v) is 7.93. The Morgan fingerprint density at radius 2 is 1.70 bits per heavy atom. The van der Waals surface area contributed by atoms with Gasteiger partial charge in [0.15, 0.2) is 0 Å². The minimum atomic E-state index is -3.84. The zero-order valence-corrected chi connectivity index (χ0v) is 21.8. The van der Waals surface area contributed by atoms with E-state index < -0.39 is 39.2 Å². The van der Waals surface area contributed by atoms with Gasteiger partial charge in [0.05, 0.1) is 4.90 Å². The third-order valence-electron chi connectivity index (χ3n) is 6.22. The van der Waals surface area contributed by atoms with Gasteiger partial charge in [-0.05, 0) is 94.0 Å². The minimum absolute atomic E-state index is 0.0138. The van der Waals surface area contributed by atoms with Gasteiger partial charge in [-0.1, -0.05) is 0 Å². The maximum Gasteiger partial charge on any atom is 0.251 e. The zero-order chi connectivity index (χ0) is 27.1. The summed E-state index contributed by atoms with van der Waals surface area (Å²) in [6.07, 6.45) is 2.18. The molecule has 0 spiro atoms. The first-order valence-corrected chi connectivity index (χ1v) is 13.7. The highest BCUT2D eigenvalue weighted by molar-refractivity contribution is 7.89. The van der Waals surface area contributed by atoms with Crippen molar-refractivity contribution in [2.24, 2.45) is 5.92 Å². The molecule has 202 valence electrons. The summed E-state index contributed by atoms with van der Waals surface area (Å²) in [5.41, 5.74) is -0.232. The molecule has 0 aromatic heterocycles. The van der Waals surface area contributed by atoms with Crippen LogP contribution in [0, 0.1) is 11.7 Å². The highest BCUT2D eigenvalue weighted by atomic mass is 32.2. The number of hydrogen-bond donors (Lipinski definition) is 4. The molecule has 4 N–H and O–H groups in total. The molecule has 0 bridgehead atoms. The molecule has 0 saturated carbocycles. The molecular formula is C26H34FN3O6S. The lowest BCUT2D eigenvalue weighted by molar-refractivity contribution is -0.118. The Kier molecular flexibility index (Phi) is 9.77. The van der Waals surface area contributed by atoms with E-state index in [4.69, 9.17) is 9.84 Å². The number of sulfonamides is 1. The summed E-state index contributed by atoms with van der Waals surface area (Å²) in [6.45, 7) is 4.36. The van der Waals surface area contributed by atoms with E-state index in [9.17, 15) is 22.4 Å². The van der Waals surface area contributed by atoms with Gasteiger partial charge < -0.3 is 20.5 Å². The lowest BCUT2D eigenvalue weighted by Gasteiger charge is -2.27. The van der Waals surface area contributed by atoms with E-state index in [0.717, 1.165) is 12.8 Å². The Morgan fingerprint density at radius 1 is 1.08 bits per heavy atom. The second kappa shape index (κ2) is 12.6. The summed E-state index contributed by atoms with van der Waals surface area (Å²) in [5, 5.41) is 14.7. The average Bonchev–Trinajstić information content (AvgIpc) is 2.84. The van der Waals surface area contributed by atoms with Crippen LogP contribution in [-0.4, -0.2) is 56.7 Å². The predicted octanol–water partition coefficient (Wildman–Crippen LogP) is 2.82. The van der Waals surface area contributed by atoms with Crippen LogP contribution < -0.4 is 15.4 Å². The molecule has 11 heteroatoms. The molecule has 37 heavy (non-hydrogen) atoms. The maximum atomic E-state index is 13.3. The van der Waals surface area contributed by atoms with E-state index in [1.165, 1.54) is 48.5 Å². The number of amides is 2. The second-order valence-electron chi connectivity index (χ2n) is 9.80. The molecule has 2 amide bonds. The fraction of sp³-hybridized carbons (Fsp3) is 0.462. The number of aliphatic hydroxyl groups is 1. The number of carbonyl (C=O) groups excluding carboxylic acids is 2. The molecule has 3 rings (SSSR count). The number of benzene rings is 2. The fourth-order valence-corrected chi connectivity index (χ4v) is 5.53. The Morgan fingerprint density at radius 3 is 2.30 bits per heavy atom. The second-order valence-corrected chi connectivity index (χ2v) is 11.5. The van der Waals surface area contributed by atoms with Crippen molar-refractivity contribution < 1.29 is 32.2 Å². The summed E-state index contributed by atoms with van der Waals surface area (Å²) in [4.78, 5) is 25.9. The topological polar surface area (TPSA) is 134 Å². The Balaban J connectivity index is 1.71. The van der Waals surface area contributed by atoms with Crippen LogP contribution >= 0.6 is 0 Å². The van der Waals surface area contributed by atoms with Crippen molar-refractivity contribution in [1.82, 2.24) is 10.0 Å². The van der Waals surface area contributed by atoms with Crippen molar-refractivity contribution in [2.45, 2.75) is 56.0 Å². The number of hydrogen-bond acceptors (Lipinski definition) is 6. The smallest absolute Gasteiger partial charge is 0.251 e. The van der Waals surface area contributed by atoms with Crippen molar-refractivity contribution in [2.75, 3.05) is 25.1 Å². The zero-order valence-electron chi connectivity index (χ0n) is 21.0. The van der Waals surface area contributed by atoms with Gasteiger partial charge >= 0.3 is 0 Å². The van der Waals surface area contributed by atoms with Crippen molar-refractivity contribution in [3.05, 3.63) is 59.9 Å². The van der Waals surface area contributed by atoms with Crippen molar-refractivity contribution in [1.29, 1.82) is 0 Å². The molecular weight excluding hydrogens is 501 g/mol. The Bertz CT molecular complexity index is 1160. The number of rotatable bonds is 11. The van der Waals surface area contributed by atoms with Crippen molar-refractivity contribution in [3.63, 3.8) is 0 Å². The van der Waals surface area contributed by atoms with Crippen LogP contribution in [0.5, 0.6) is 0 Å². The van der Waals surface area contributed by atoms with Crippen LogP contribution in [0.3, 0.4) is 0 Å². The first-order valence-electron chi connectivity index (χ1n) is 12.2. The number of halogens is 1. The molecule has 1 aliphatic heterocycles. The maximum absolute atomic E-state index is 13.3. The number of nitrogens with one attached hydrogen (secondary N) is 3. The van der Waals surface area contributed by atoms with Crippen LogP contribution in [0.1, 0.15) is 49.9 Å². The third kappa shape index (κ3) is 8.60. The molecule has 1 aliphatic rings. The predicted molar refractivity (Wildman–Crippen MR) is 137 cm³/mol. The summed E-state index contributed by atoms with van der Waals surface area (Å²) in [6, 6.07) is 9.89. The highest BCUT2D eigenvalue weighted by Crippen LogP contribution is 2.22. The molecule has 2 aromatic rings. The molecule has 1 atom stereocenters. The summed E-state index contributed by atoms with van der Waals surface area (Å²) < 4.78 is 46.6. The highest BCUT2D eigenvalue weighted by Gasteiger charge is 2.28. The van der Waals surface area contributed by atoms with Crippen LogP contribution in [0.25, 0.3) is 0 Å². The largest absolute Gasteiger partial charge is 0.396 e. The van der Waals surface area contributed by atoms with Crippen LogP contribution in [0.2, 0.25) is 0 Å². The minimum Gasteiger partial charge on any atom is -0.396 e. The normalized spacial score (nSPS) is 15.7. The number of anilines is 1. The van der Waals surface area contributed by atoms with Gasteiger partial charge in [0.2, 0.25) is 15.9 Å². The SMILES string of the molecule is CC(C)(CCO)NS(=O)(=O)c1ccc(NC(=O)[C@H](CC2CCOCC2)NC(=O)c2ccc(F)cc2)cc1. The molecule has 1 heterocycles. The summed E-state index contributed by atoms with van der Waals surface area (Å²) >= 11 is 0. The lowest BCUT2D eigenvalue weighted by atomic mass is 9.92. The summed E-state index contributed by atoms with van der Waals surface area (Å²) in [5.74, 6) is -1.23. The Labute approximate surface area is 216 Å². The van der Waals surface area contributed by atoms with E-state index in [1.807, 2.05) is 0 Å². The van der Waals surface area contributed by atoms with E-state index in [2.05, 4.69) is 15.4 Å². The van der Waals surface area contributed by atoms with Gasteiger partial charge in [-0.2, -0.15) is 0 Å². The van der Waals surface area contributed by atoms with Gasteiger partial charge in [0, 0.05) is 36.6 Å². The molecule has 0 unspecified atom stereocenters. The van der Waals surface area contributed by atoms with Crippen molar-refractivity contribution >= 4 is 27.5 Å². The molecule has 0 radical (unpaired) electrons. The van der Waals surface area contributed by atoms with Gasteiger partial charge in [-0.3, -0.25) is 9.59 Å². The number of aliphatic hydroxyl groups excluding tert-OH is 1. The van der Waals surface area contributed by atoms with E-state index >= 15 is 0 Å². The van der Waals surface area contributed by atoms with Gasteiger partial charge in [0.25, 0.3) is 5.91 Å². The molecule has 0 aliphatic carbocycles. The van der Waals surface area contributed by atoms with Gasteiger partial charge in [-0.25, -0.2) is 17.5 Å². The quantitative estimate of drug-likeness (QED) is 0.350. The fourth-order valence-electron chi connectivity index (χ4n) is 4.09. The van der Waals surface area contributed by atoms with E-state index in [-0.39, 0.29) is 29.4 Å². The molecule has 1 saturated heterocycles. The Hall–Kier alpha value is -2.86. The molecule has 1 fully saturated rings. The standard InChI is InChI=1S/C26H34FN3O6S/c1-26(2,13-14-31)30-37(34,35)22-9-7-21(8-10-22)28-25(33)23(17-18-11-15-36-16-12-18)29-24(32)19-3-5-20(27)6-4-19/h3-10,18,23,30-31H,11-17H2,1-2H3,(H,28,33)(H,29,32)/t23-/m0/s1. The number of ether oxygens (including phenoxy) is 1. The summed E-state index contributed by atoms with van der Waals surface area (Å²) in [7, 11) is -3.84. The number of carbonyl (C=O) groups is 2. The van der Waals surface area contributed by atoms with Crippen LogP contribution in [0.4, 0.5) is 10.1 Å². The van der Waals surface area contributed by atoms with Gasteiger partial charge in [0.1, 0.15) is 11.9 Å². The van der Waals surface area contributed by atoms with E-state index in [1.54, 1.807) is 13.8 Å². The first-order chi connectivity index (χ1) is 17.5. The van der Waals surface area contributed by atoms with Crippen LogP contribution in [-0.2, 0) is 19.6 Å². The molecule has 9 nitrogen and oxygen atoms in total. The van der Waals surface area contributed by atoms with Crippen molar-refractivity contribution in [3.8, 4) is 0 Å². The average molecular weight is 536 g/mol. The monoisotopic (exact) mass is 535 g/mol. The molecule has 2 aromatic carbocycles. The van der Waals surface area contributed by atoms with Crippen LogP contribution in [0.15, 0.2) is 53.4 Å². The van der Waals surface area contributed by atoms with E-state index in [0.29, 0.717) is 25.3 Å². The first kappa shape index (κ1) is 28.7. The van der Waals surface area contributed by atoms with Gasteiger partial charge in [-0.15, -0.1) is 0 Å². The lowest BCUT2D eigenvalue weighted by Crippen LogP contribution is -2.45.